The number of ether oxygens (including phenoxy) is 2. The summed E-state index contributed by atoms with van der Waals surface area (Å²) in [5.74, 6) is 2.15. The first-order valence-corrected chi connectivity index (χ1v) is 9.36. The first kappa shape index (κ1) is 19.9. The Bertz CT molecular complexity index is 619. The highest BCUT2D eigenvalue weighted by Gasteiger charge is 2.11. The highest BCUT2D eigenvalue weighted by molar-refractivity contribution is 5.94. The van der Waals surface area contributed by atoms with E-state index in [1.165, 1.54) is 0 Å². The van der Waals surface area contributed by atoms with E-state index in [9.17, 15) is 4.79 Å². The van der Waals surface area contributed by atoms with E-state index in [0.717, 1.165) is 36.6 Å². The van der Waals surface area contributed by atoms with E-state index in [-0.39, 0.29) is 11.9 Å². The minimum absolute atomic E-state index is 0.0227. The second-order valence-electron chi connectivity index (χ2n) is 6.22. The van der Waals surface area contributed by atoms with Crippen LogP contribution in [0.25, 0.3) is 0 Å². The molecule has 144 valence electrons. The number of nitrogens with one attached hydrogen (secondary N) is 3. The molecule has 26 heavy (non-hydrogen) atoms. The van der Waals surface area contributed by atoms with Crippen LogP contribution in [-0.4, -0.2) is 44.2 Å². The van der Waals surface area contributed by atoms with Crippen LogP contribution in [0.2, 0.25) is 0 Å². The predicted octanol–water partition coefficient (Wildman–Crippen LogP) is 2.53. The van der Waals surface area contributed by atoms with Crippen molar-refractivity contribution in [1.82, 2.24) is 10.6 Å². The summed E-state index contributed by atoms with van der Waals surface area (Å²) in [5.41, 5.74) is 0.859. The van der Waals surface area contributed by atoms with Crippen molar-refractivity contribution < 1.29 is 14.3 Å². The second-order valence-corrected chi connectivity index (χ2v) is 6.22. The Kier molecular flexibility index (Phi) is 8.05. The molecule has 1 aliphatic heterocycles. The topological polar surface area (TPSA) is 84.0 Å². The number of anilines is 1. The third-order valence-electron chi connectivity index (χ3n) is 3.98. The number of carbonyl (C=O) groups is 1. The number of hydrogen-bond acceptors (Lipinski definition) is 4. The number of benzene rings is 1. The molecule has 0 radical (unpaired) electrons. The first-order valence-electron chi connectivity index (χ1n) is 9.36. The molecular weight excluding hydrogens is 332 g/mol. The summed E-state index contributed by atoms with van der Waals surface area (Å²) in [7, 11) is 0. The average Bonchev–Trinajstić information content (AvgIpc) is 2.86. The Morgan fingerprint density at radius 2 is 2.00 bits per heavy atom. The van der Waals surface area contributed by atoms with E-state index in [1.807, 2.05) is 39.0 Å². The number of nitrogens with zero attached hydrogens (tertiary/aromatic N) is 1. The van der Waals surface area contributed by atoms with Gasteiger partial charge in [-0.3, -0.25) is 9.79 Å². The molecule has 1 heterocycles. The van der Waals surface area contributed by atoms with Crippen LogP contribution in [0, 0.1) is 0 Å². The van der Waals surface area contributed by atoms with Crippen LogP contribution in [0.15, 0.2) is 23.2 Å². The molecule has 7 nitrogen and oxygen atoms in total. The number of aliphatic imine (C=N–C) groups is 1. The lowest BCUT2D eigenvalue weighted by atomic mass is 10.2. The standard InChI is InChI=1S/C19H30N4O3/c1-4-14(3)22-18(24)9-10-21-19(20-5-2)23-15-7-8-16-17(13-15)26-12-6-11-25-16/h7-8,13-14H,4-6,9-12H2,1-3H3,(H,22,24)(H2,20,21,23). The van der Waals surface area contributed by atoms with Crippen molar-refractivity contribution in [3.63, 3.8) is 0 Å². The average molecular weight is 362 g/mol. The maximum atomic E-state index is 11.9. The summed E-state index contributed by atoms with van der Waals surface area (Å²) in [5, 5.41) is 9.38. The maximum Gasteiger partial charge on any atom is 0.222 e. The quantitative estimate of drug-likeness (QED) is 0.513. The van der Waals surface area contributed by atoms with Gasteiger partial charge >= 0.3 is 0 Å². The Morgan fingerprint density at radius 3 is 2.73 bits per heavy atom. The van der Waals surface area contributed by atoms with Gasteiger partial charge in [0.2, 0.25) is 5.91 Å². The molecule has 0 saturated heterocycles. The summed E-state index contributed by atoms with van der Waals surface area (Å²) < 4.78 is 11.4. The predicted molar refractivity (Wildman–Crippen MR) is 104 cm³/mol. The minimum atomic E-state index is 0.0227. The Hall–Kier alpha value is -2.44. The smallest absolute Gasteiger partial charge is 0.222 e. The highest BCUT2D eigenvalue weighted by Crippen LogP contribution is 2.32. The third kappa shape index (κ3) is 6.46. The Balaban J connectivity index is 1.94. The lowest BCUT2D eigenvalue weighted by molar-refractivity contribution is -0.121. The third-order valence-corrected chi connectivity index (χ3v) is 3.98. The van der Waals surface area contributed by atoms with Gasteiger partial charge in [-0.25, -0.2) is 0 Å². The molecule has 0 fully saturated rings. The molecule has 1 aromatic carbocycles. The van der Waals surface area contributed by atoms with Crippen molar-refractivity contribution in [1.29, 1.82) is 0 Å². The van der Waals surface area contributed by atoms with Gasteiger partial charge in [0.15, 0.2) is 17.5 Å². The summed E-state index contributed by atoms with van der Waals surface area (Å²) in [6.45, 7) is 8.51. The van der Waals surface area contributed by atoms with E-state index in [4.69, 9.17) is 9.47 Å². The van der Waals surface area contributed by atoms with Crippen molar-refractivity contribution >= 4 is 17.6 Å². The van der Waals surface area contributed by atoms with Gasteiger partial charge < -0.3 is 25.4 Å². The number of guanidine groups is 1. The maximum absolute atomic E-state index is 11.9. The fourth-order valence-corrected chi connectivity index (χ4v) is 2.40. The van der Waals surface area contributed by atoms with Crippen LogP contribution in [0.1, 0.15) is 40.0 Å². The molecule has 3 N–H and O–H groups in total. The minimum Gasteiger partial charge on any atom is -0.490 e. The number of fused-ring (bicyclic) bond motifs is 1. The van der Waals surface area contributed by atoms with E-state index in [2.05, 4.69) is 20.9 Å². The molecule has 7 heteroatoms. The monoisotopic (exact) mass is 362 g/mol. The van der Waals surface area contributed by atoms with Crippen molar-refractivity contribution in [2.45, 2.75) is 46.1 Å². The molecule has 1 aliphatic rings. The highest BCUT2D eigenvalue weighted by atomic mass is 16.5. The first-order chi connectivity index (χ1) is 12.6. The molecular formula is C19H30N4O3. The fraction of sp³-hybridized carbons (Fsp3) is 0.579. The van der Waals surface area contributed by atoms with E-state index >= 15 is 0 Å². The lowest BCUT2D eigenvalue weighted by Crippen LogP contribution is -2.33. The van der Waals surface area contributed by atoms with Crippen LogP contribution in [0.3, 0.4) is 0 Å². The van der Waals surface area contributed by atoms with Crippen molar-refractivity contribution in [2.75, 3.05) is 31.6 Å². The summed E-state index contributed by atoms with van der Waals surface area (Å²) >= 11 is 0. The van der Waals surface area contributed by atoms with Crippen molar-refractivity contribution in [3.8, 4) is 11.5 Å². The van der Waals surface area contributed by atoms with E-state index in [1.54, 1.807) is 0 Å². The molecule has 0 spiro atoms. The molecule has 1 aromatic rings. The molecule has 0 aliphatic carbocycles. The molecule has 0 saturated carbocycles. The van der Waals surface area contributed by atoms with Gasteiger partial charge in [0.25, 0.3) is 0 Å². The van der Waals surface area contributed by atoms with E-state index < -0.39 is 0 Å². The van der Waals surface area contributed by atoms with Crippen LogP contribution < -0.4 is 25.4 Å². The normalized spacial score (nSPS) is 15.0. The van der Waals surface area contributed by atoms with E-state index in [0.29, 0.717) is 32.1 Å². The van der Waals surface area contributed by atoms with Crippen molar-refractivity contribution in [2.24, 2.45) is 4.99 Å². The molecule has 1 unspecified atom stereocenters. The Morgan fingerprint density at radius 1 is 1.23 bits per heavy atom. The second kappa shape index (κ2) is 10.5. The van der Waals surface area contributed by atoms with Crippen molar-refractivity contribution in [3.05, 3.63) is 18.2 Å². The molecule has 0 aromatic heterocycles. The zero-order valence-electron chi connectivity index (χ0n) is 15.9. The molecule has 1 atom stereocenters. The molecule has 1 amide bonds. The summed E-state index contributed by atoms with van der Waals surface area (Å²) in [6, 6.07) is 5.92. The molecule has 0 bridgehead atoms. The number of rotatable bonds is 7. The zero-order chi connectivity index (χ0) is 18.8. The number of carbonyl (C=O) groups excluding carboxylic acids is 1. The summed E-state index contributed by atoms with van der Waals surface area (Å²) in [4.78, 5) is 16.3. The van der Waals surface area contributed by atoms with Crippen LogP contribution >= 0.6 is 0 Å². The fourth-order valence-electron chi connectivity index (χ4n) is 2.40. The SMILES string of the molecule is CCNC(=NCCC(=O)NC(C)CC)Nc1ccc2c(c1)OCCCO2. The lowest BCUT2D eigenvalue weighted by Gasteiger charge is -2.14. The van der Waals surface area contributed by atoms with Gasteiger partial charge in [0, 0.05) is 37.2 Å². The van der Waals surface area contributed by atoms with Gasteiger partial charge in [-0.2, -0.15) is 0 Å². The zero-order valence-corrected chi connectivity index (χ0v) is 15.9. The number of hydrogen-bond donors (Lipinski definition) is 3. The van der Waals surface area contributed by atoms with Gasteiger partial charge in [-0.05, 0) is 32.4 Å². The number of amides is 1. The van der Waals surface area contributed by atoms with Crippen LogP contribution in [0.4, 0.5) is 5.69 Å². The molecule has 2 rings (SSSR count). The Labute approximate surface area is 155 Å². The van der Waals surface area contributed by atoms with Crippen LogP contribution in [0.5, 0.6) is 11.5 Å². The summed E-state index contributed by atoms with van der Waals surface area (Å²) in [6.07, 6.45) is 2.16. The van der Waals surface area contributed by atoms with Gasteiger partial charge in [0.05, 0.1) is 19.8 Å². The van der Waals surface area contributed by atoms with Gasteiger partial charge in [0.1, 0.15) is 0 Å². The van der Waals surface area contributed by atoms with Gasteiger partial charge in [-0.1, -0.05) is 6.92 Å². The van der Waals surface area contributed by atoms with Gasteiger partial charge in [-0.15, -0.1) is 0 Å². The van der Waals surface area contributed by atoms with Crippen LogP contribution in [-0.2, 0) is 4.79 Å². The largest absolute Gasteiger partial charge is 0.490 e.